The number of rotatable bonds is 3. The third-order valence-electron chi connectivity index (χ3n) is 5.94. The van der Waals surface area contributed by atoms with E-state index in [9.17, 15) is 4.79 Å². The minimum Gasteiger partial charge on any atom is -0.353 e. The lowest BCUT2D eigenvalue weighted by molar-refractivity contribution is -0.122. The van der Waals surface area contributed by atoms with Crippen molar-refractivity contribution in [2.75, 3.05) is 13.1 Å². The maximum atomic E-state index is 12.1. The minimum atomic E-state index is 0.322. The topological polar surface area (TPSA) is 41.1 Å². The van der Waals surface area contributed by atoms with Crippen molar-refractivity contribution in [3.8, 4) is 0 Å². The van der Waals surface area contributed by atoms with Crippen LogP contribution in [-0.4, -0.2) is 25.0 Å². The number of hydrogen-bond acceptors (Lipinski definition) is 2. The van der Waals surface area contributed by atoms with E-state index in [-0.39, 0.29) is 0 Å². The van der Waals surface area contributed by atoms with Crippen LogP contribution in [0.5, 0.6) is 0 Å². The SMILES string of the molecule is O=C(CC1CCCNC1)NC1C2C3CCC(C3)C12. The van der Waals surface area contributed by atoms with Crippen LogP contribution in [0.15, 0.2) is 0 Å². The summed E-state index contributed by atoms with van der Waals surface area (Å²) in [5, 5.41) is 6.73. The summed E-state index contributed by atoms with van der Waals surface area (Å²) in [6.45, 7) is 2.17. The molecule has 5 atom stereocenters. The lowest BCUT2D eigenvalue weighted by atomic mass is 9.96. The van der Waals surface area contributed by atoms with Crippen LogP contribution in [0.1, 0.15) is 38.5 Å². The number of fused-ring (bicyclic) bond motifs is 5. The Labute approximate surface area is 109 Å². The van der Waals surface area contributed by atoms with Gasteiger partial charge in [-0.15, -0.1) is 0 Å². The highest BCUT2D eigenvalue weighted by Gasteiger charge is 2.65. The summed E-state index contributed by atoms with van der Waals surface area (Å²) in [4.78, 5) is 12.1. The van der Waals surface area contributed by atoms with E-state index < -0.39 is 0 Å². The van der Waals surface area contributed by atoms with Gasteiger partial charge >= 0.3 is 0 Å². The van der Waals surface area contributed by atoms with Gasteiger partial charge in [-0.25, -0.2) is 0 Å². The summed E-state index contributed by atoms with van der Waals surface area (Å²) in [6.07, 6.45) is 7.54. The molecule has 3 nitrogen and oxygen atoms in total. The highest BCUT2D eigenvalue weighted by atomic mass is 16.1. The summed E-state index contributed by atoms with van der Waals surface area (Å²) in [5.41, 5.74) is 0. The molecule has 2 bridgehead atoms. The summed E-state index contributed by atoms with van der Waals surface area (Å²) in [7, 11) is 0. The number of nitrogens with one attached hydrogen (secondary N) is 2. The van der Waals surface area contributed by atoms with Gasteiger partial charge in [-0.05, 0) is 74.8 Å². The van der Waals surface area contributed by atoms with Crippen LogP contribution in [-0.2, 0) is 4.79 Å². The Hall–Kier alpha value is -0.570. The fourth-order valence-electron chi connectivity index (χ4n) is 5.12. The molecule has 0 spiro atoms. The third kappa shape index (κ3) is 1.78. The fourth-order valence-corrected chi connectivity index (χ4v) is 5.12. The van der Waals surface area contributed by atoms with Crippen molar-refractivity contribution in [3.63, 3.8) is 0 Å². The van der Waals surface area contributed by atoms with Gasteiger partial charge in [0.15, 0.2) is 0 Å². The molecule has 100 valence electrons. The molecule has 3 aliphatic carbocycles. The second kappa shape index (κ2) is 4.22. The maximum absolute atomic E-state index is 12.1. The number of amides is 1. The second-order valence-corrected chi connectivity index (χ2v) is 7.00. The van der Waals surface area contributed by atoms with Gasteiger partial charge in [-0.3, -0.25) is 4.79 Å². The smallest absolute Gasteiger partial charge is 0.220 e. The Morgan fingerprint density at radius 1 is 1.17 bits per heavy atom. The van der Waals surface area contributed by atoms with Crippen LogP contribution in [0, 0.1) is 29.6 Å². The first-order valence-corrected chi connectivity index (χ1v) is 7.83. The standard InChI is InChI=1S/C15H24N2O/c18-12(6-9-2-1-5-16-8-9)17-15-13-10-3-4-11(7-10)14(13)15/h9-11,13-16H,1-8H2,(H,17,18). The molecule has 0 radical (unpaired) electrons. The zero-order chi connectivity index (χ0) is 12.1. The third-order valence-corrected chi connectivity index (χ3v) is 5.94. The molecule has 1 saturated heterocycles. The minimum absolute atomic E-state index is 0.322. The molecular formula is C15H24N2O. The van der Waals surface area contributed by atoms with Crippen LogP contribution in [0.25, 0.3) is 0 Å². The molecule has 4 rings (SSSR count). The molecule has 3 heteroatoms. The largest absolute Gasteiger partial charge is 0.353 e. The maximum Gasteiger partial charge on any atom is 0.220 e. The van der Waals surface area contributed by atoms with Gasteiger partial charge in [0.05, 0.1) is 0 Å². The highest BCUT2D eigenvalue weighted by Crippen LogP contribution is 2.65. The average molecular weight is 248 g/mol. The van der Waals surface area contributed by atoms with Crippen LogP contribution in [0.3, 0.4) is 0 Å². The molecule has 4 fully saturated rings. The molecule has 1 amide bonds. The van der Waals surface area contributed by atoms with Crippen molar-refractivity contribution in [3.05, 3.63) is 0 Å². The van der Waals surface area contributed by atoms with E-state index in [1.807, 2.05) is 0 Å². The molecule has 18 heavy (non-hydrogen) atoms. The molecule has 1 aliphatic heterocycles. The molecule has 0 aromatic carbocycles. The molecule has 5 unspecified atom stereocenters. The van der Waals surface area contributed by atoms with E-state index in [2.05, 4.69) is 10.6 Å². The normalized spacial score (nSPS) is 48.9. The summed E-state index contributed by atoms with van der Waals surface area (Å²) in [6, 6.07) is 0.570. The van der Waals surface area contributed by atoms with Gasteiger partial charge in [-0.2, -0.15) is 0 Å². The molecule has 2 N–H and O–H groups in total. The van der Waals surface area contributed by atoms with Gasteiger partial charge in [0, 0.05) is 12.5 Å². The van der Waals surface area contributed by atoms with Crippen molar-refractivity contribution >= 4 is 5.91 Å². The lowest BCUT2D eigenvalue weighted by Crippen LogP contribution is -2.36. The quantitative estimate of drug-likeness (QED) is 0.795. The van der Waals surface area contributed by atoms with E-state index >= 15 is 0 Å². The number of piperidine rings is 1. The Morgan fingerprint density at radius 2 is 1.94 bits per heavy atom. The van der Waals surface area contributed by atoms with Gasteiger partial charge in [0.25, 0.3) is 0 Å². The van der Waals surface area contributed by atoms with E-state index in [1.165, 1.54) is 32.1 Å². The lowest BCUT2D eigenvalue weighted by Gasteiger charge is -2.22. The van der Waals surface area contributed by atoms with Crippen molar-refractivity contribution in [1.29, 1.82) is 0 Å². The predicted octanol–water partition coefficient (Wildman–Crippen LogP) is 1.54. The Morgan fingerprint density at radius 3 is 2.61 bits per heavy atom. The molecule has 1 heterocycles. The second-order valence-electron chi connectivity index (χ2n) is 7.00. The number of hydrogen-bond donors (Lipinski definition) is 2. The summed E-state index contributed by atoms with van der Waals surface area (Å²) < 4.78 is 0. The molecule has 4 aliphatic rings. The Bertz CT molecular complexity index is 334. The molecule has 0 aromatic heterocycles. The number of carbonyl (C=O) groups excluding carboxylic acids is 1. The van der Waals surface area contributed by atoms with Crippen molar-refractivity contribution in [2.45, 2.75) is 44.6 Å². The van der Waals surface area contributed by atoms with Crippen LogP contribution in [0.4, 0.5) is 0 Å². The van der Waals surface area contributed by atoms with Gasteiger partial charge in [0.2, 0.25) is 5.91 Å². The highest BCUT2D eigenvalue weighted by molar-refractivity contribution is 5.77. The summed E-state index contributed by atoms with van der Waals surface area (Å²) >= 11 is 0. The molecule has 0 aromatic rings. The van der Waals surface area contributed by atoms with Crippen molar-refractivity contribution in [1.82, 2.24) is 10.6 Å². The Balaban J connectivity index is 1.27. The van der Waals surface area contributed by atoms with E-state index in [0.29, 0.717) is 17.9 Å². The molecule has 3 saturated carbocycles. The van der Waals surface area contributed by atoms with Crippen LogP contribution in [0.2, 0.25) is 0 Å². The first-order valence-electron chi connectivity index (χ1n) is 7.83. The van der Waals surface area contributed by atoms with E-state index in [1.54, 1.807) is 0 Å². The van der Waals surface area contributed by atoms with Crippen LogP contribution < -0.4 is 10.6 Å². The zero-order valence-corrected chi connectivity index (χ0v) is 11.0. The first-order chi connectivity index (χ1) is 8.83. The van der Waals surface area contributed by atoms with Crippen LogP contribution >= 0.6 is 0 Å². The molecular weight excluding hydrogens is 224 g/mol. The zero-order valence-electron chi connectivity index (χ0n) is 11.0. The fraction of sp³-hybridized carbons (Fsp3) is 0.933. The summed E-state index contributed by atoms with van der Waals surface area (Å²) in [5.74, 6) is 4.56. The first kappa shape index (κ1) is 11.3. The van der Waals surface area contributed by atoms with E-state index in [4.69, 9.17) is 0 Å². The van der Waals surface area contributed by atoms with Gasteiger partial charge in [0.1, 0.15) is 0 Å². The van der Waals surface area contributed by atoms with Crippen molar-refractivity contribution < 1.29 is 4.79 Å². The predicted molar refractivity (Wildman–Crippen MR) is 70.0 cm³/mol. The van der Waals surface area contributed by atoms with Gasteiger partial charge < -0.3 is 10.6 Å². The van der Waals surface area contributed by atoms with Crippen molar-refractivity contribution in [2.24, 2.45) is 29.6 Å². The number of carbonyl (C=O) groups is 1. The van der Waals surface area contributed by atoms with E-state index in [0.717, 1.165) is 43.2 Å². The average Bonchev–Trinajstić information content (AvgIpc) is 2.79. The Kier molecular flexibility index (Phi) is 2.65. The van der Waals surface area contributed by atoms with Gasteiger partial charge in [-0.1, -0.05) is 0 Å². The monoisotopic (exact) mass is 248 g/mol.